The average Bonchev–Trinajstić information content (AvgIpc) is 3.07. The molecular weight excluding hydrogens is 428 g/mol. The lowest BCUT2D eigenvalue weighted by atomic mass is 9.72. The van der Waals surface area contributed by atoms with Crippen LogP contribution in [0.2, 0.25) is 0 Å². The molecule has 2 unspecified atom stereocenters. The number of thiazole rings is 1. The Morgan fingerprint density at radius 3 is 2.69 bits per heavy atom. The summed E-state index contributed by atoms with van der Waals surface area (Å²) >= 11 is 1.50. The molecule has 1 aliphatic heterocycles. The van der Waals surface area contributed by atoms with Gasteiger partial charge in [-0.15, -0.1) is 11.3 Å². The van der Waals surface area contributed by atoms with Crippen LogP contribution in [0.3, 0.4) is 0 Å². The smallest absolute Gasteiger partial charge is 0.387 e. The number of rotatable bonds is 7. The minimum Gasteiger partial charge on any atom is -0.434 e. The molecule has 0 saturated carbocycles. The van der Waals surface area contributed by atoms with Crippen molar-refractivity contribution in [3.63, 3.8) is 0 Å². The molecule has 0 amide bonds. The van der Waals surface area contributed by atoms with Crippen LogP contribution in [0, 0.1) is 35.5 Å². The summed E-state index contributed by atoms with van der Waals surface area (Å²) in [5, 5.41) is 9.87. The zero-order chi connectivity index (χ0) is 23.5. The zero-order valence-corrected chi connectivity index (χ0v) is 20.4. The van der Waals surface area contributed by atoms with Crippen LogP contribution in [0.25, 0.3) is 10.6 Å². The van der Waals surface area contributed by atoms with Gasteiger partial charge in [0.25, 0.3) is 0 Å². The predicted octanol–water partition coefficient (Wildman–Crippen LogP) is 6.88. The molecule has 1 aromatic carbocycles. The summed E-state index contributed by atoms with van der Waals surface area (Å²) in [6.07, 6.45) is 3.71. The predicted molar refractivity (Wildman–Crippen MR) is 125 cm³/mol. The Labute approximate surface area is 194 Å². The third-order valence-corrected chi connectivity index (χ3v) is 7.52. The topological polar surface area (TPSA) is 49.2 Å². The Kier molecular flexibility index (Phi) is 7.89. The van der Waals surface area contributed by atoms with E-state index in [9.17, 15) is 14.0 Å². The van der Waals surface area contributed by atoms with Crippen molar-refractivity contribution in [2.75, 3.05) is 13.1 Å². The highest BCUT2D eigenvalue weighted by Crippen LogP contribution is 2.39. The van der Waals surface area contributed by atoms with Gasteiger partial charge in [-0.3, -0.25) is 4.90 Å². The fourth-order valence-corrected chi connectivity index (χ4v) is 5.66. The first-order valence-electron chi connectivity index (χ1n) is 11.3. The lowest BCUT2D eigenvalue weighted by Gasteiger charge is -2.43. The van der Waals surface area contributed by atoms with E-state index in [1.54, 1.807) is 6.07 Å². The maximum absolute atomic E-state index is 12.9. The molecule has 3 rings (SSSR count). The zero-order valence-electron chi connectivity index (χ0n) is 19.6. The second kappa shape index (κ2) is 10.3. The van der Waals surface area contributed by atoms with Crippen molar-refractivity contribution in [2.24, 2.45) is 17.3 Å². The molecule has 0 bridgehead atoms. The van der Waals surface area contributed by atoms with Crippen molar-refractivity contribution in [3.8, 4) is 22.4 Å². The Morgan fingerprint density at radius 1 is 1.31 bits per heavy atom. The highest BCUT2D eigenvalue weighted by Gasteiger charge is 2.34. The number of aromatic nitrogens is 1. The van der Waals surface area contributed by atoms with Crippen LogP contribution in [0.15, 0.2) is 18.2 Å². The number of nitrogens with zero attached hydrogens (tertiary/aromatic N) is 3. The minimum atomic E-state index is -2.93. The summed E-state index contributed by atoms with van der Waals surface area (Å²) < 4.78 is 30.5. The van der Waals surface area contributed by atoms with Gasteiger partial charge >= 0.3 is 6.61 Å². The first-order chi connectivity index (χ1) is 15.1. The number of piperidine rings is 1. The number of hydrogen-bond acceptors (Lipinski definition) is 5. The van der Waals surface area contributed by atoms with Crippen molar-refractivity contribution < 1.29 is 13.5 Å². The quantitative estimate of drug-likeness (QED) is 0.451. The van der Waals surface area contributed by atoms with Crippen molar-refractivity contribution in [3.05, 3.63) is 34.3 Å². The van der Waals surface area contributed by atoms with Crippen molar-refractivity contribution in [1.82, 2.24) is 9.88 Å². The molecule has 1 aliphatic rings. The summed E-state index contributed by atoms with van der Waals surface area (Å²) in [5.74, 6) is 1.39. The van der Waals surface area contributed by atoms with Gasteiger partial charge in [-0.2, -0.15) is 14.0 Å². The van der Waals surface area contributed by atoms with Gasteiger partial charge in [-0.05, 0) is 55.2 Å². The highest BCUT2D eigenvalue weighted by molar-refractivity contribution is 7.15. The van der Waals surface area contributed by atoms with Crippen LogP contribution in [0.5, 0.6) is 5.75 Å². The molecule has 0 spiro atoms. The maximum atomic E-state index is 12.9. The fourth-order valence-electron chi connectivity index (χ4n) is 4.54. The van der Waals surface area contributed by atoms with E-state index in [0.717, 1.165) is 30.2 Å². The van der Waals surface area contributed by atoms with Crippen molar-refractivity contribution in [2.45, 2.75) is 67.0 Å². The van der Waals surface area contributed by atoms with E-state index in [0.29, 0.717) is 28.0 Å². The number of halogens is 2. The summed E-state index contributed by atoms with van der Waals surface area (Å²) in [6, 6.07) is 6.55. The lowest BCUT2D eigenvalue weighted by Crippen LogP contribution is -2.44. The second-order valence-electron chi connectivity index (χ2n) is 9.88. The molecule has 2 aromatic rings. The molecule has 7 heteroatoms. The van der Waals surface area contributed by atoms with Gasteiger partial charge in [0, 0.05) is 24.5 Å². The van der Waals surface area contributed by atoms with E-state index >= 15 is 0 Å². The summed E-state index contributed by atoms with van der Waals surface area (Å²) in [7, 11) is 0. The Balaban J connectivity index is 1.86. The standard InChI is InChI=1S/C25H33F2N3OS/c1-6-7-18-10-19(25(3,4)5)14-30(13-18)15-22-16(2)29-23(32-22)20-11-17(12-28)8-9-21(20)31-24(26)27/h8-9,11,18-19,24H,6-7,10,13-15H2,1-5H3. The Bertz CT molecular complexity index is 961. The first kappa shape index (κ1) is 24.6. The summed E-state index contributed by atoms with van der Waals surface area (Å²) in [5.41, 5.74) is 2.00. The fraction of sp³-hybridized carbons (Fsp3) is 0.600. The number of ether oxygens (including phenoxy) is 1. The molecule has 1 aromatic heterocycles. The van der Waals surface area contributed by atoms with E-state index in [1.807, 2.05) is 6.92 Å². The van der Waals surface area contributed by atoms with Gasteiger partial charge in [-0.25, -0.2) is 4.98 Å². The summed E-state index contributed by atoms with van der Waals surface area (Å²) in [6.45, 7) is 11.2. The number of aryl methyl sites for hydroxylation is 1. The maximum Gasteiger partial charge on any atom is 0.387 e. The second-order valence-corrected chi connectivity index (χ2v) is 11.0. The van der Waals surface area contributed by atoms with Crippen LogP contribution >= 0.6 is 11.3 Å². The van der Waals surface area contributed by atoms with Crippen LogP contribution < -0.4 is 4.74 Å². The highest BCUT2D eigenvalue weighted by atomic mass is 32.1. The average molecular weight is 462 g/mol. The molecule has 174 valence electrons. The van der Waals surface area contributed by atoms with Gasteiger partial charge in [0.2, 0.25) is 0 Å². The molecule has 4 nitrogen and oxygen atoms in total. The molecule has 0 radical (unpaired) electrons. The van der Waals surface area contributed by atoms with Crippen molar-refractivity contribution in [1.29, 1.82) is 5.26 Å². The Hall–Kier alpha value is -2.04. The van der Waals surface area contributed by atoms with E-state index in [1.165, 1.54) is 42.7 Å². The van der Waals surface area contributed by atoms with Gasteiger partial charge in [0.1, 0.15) is 10.8 Å². The SMILES string of the molecule is CCCC1CC(C(C)(C)C)CN(Cc2sc(-c3cc(C#N)ccc3OC(F)F)nc2C)C1. The normalized spacial score (nSPS) is 19.8. The number of nitriles is 1. The molecule has 2 atom stereocenters. The van der Waals surface area contributed by atoms with E-state index in [4.69, 9.17) is 4.74 Å². The largest absolute Gasteiger partial charge is 0.434 e. The molecule has 1 saturated heterocycles. The number of alkyl halides is 2. The number of benzene rings is 1. The lowest BCUT2D eigenvalue weighted by molar-refractivity contribution is -0.0494. The molecule has 1 fully saturated rings. The molecule has 0 aliphatic carbocycles. The molecule has 0 N–H and O–H groups in total. The monoisotopic (exact) mass is 461 g/mol. The first-order valence-corrected chi connectivity index (χ1v) is 12.1. The third-order valence-electron chi connectivity index (χ3n) is 6.35. The van der Waals surface area contributed by atoms with Gasteiger partial charge in [0.15, 0.2) is 0 Å². The van der Waals surface area contributed by atoms with Crippen LogP contribution in [0.1, 0.15) is 63.1 Å². The van der Waals surface area contributed by atoms with Gasteiger partial charge in [0.05, 0.1) is 22.9 Å². The van der Waals surface area contributed by atoms with Gasteiger partial charge < -0.3 is 4.74 Å². The molecule has 2 heterocycles. The van der Waals surface area contributed by atoms with E-state index in [-0.39, 0.29) is 11.2 Å². The number of hydrogen-bond donors (Lipinski definition) is 0. The van der Waals surface area contributed by atoms with Crippen LogP contribution in [0.4, 0.5) is 8.78 Å². The van der Waals surface area contributed by atoms with E-state index < -0.39 is 6.61 Å². The minimum absolute atomic E-state index is 0.0491. The Morgan fingerprint density at radius 2 is 2.06 bits per heavy atom. The third kappa shape index (κ3) is 6.05. The molecule has 32 heavy (non-hydrogen) atoms. The number of likely N-dealkylation sites (tertiary alicyclic amines) is 1. The molecular formula is C25H33F2N3OS. The summed E-state index contributed by atoms with van der Waals surface area (Å²) in [4.78, 5) is 8.34. The van der Waals surface area contributed by atoms with Crippen molar-refractivity contribution >= 4 is 11.3 Å². The van der Waals surface area contributed by atoms with E-state index in [2.05, 4.69) is 43.6 Å². The van der Waals surface area contributed by atoms with Gasteiger partial charge in [-0.1, -0.05) is 34.1 Å². The van der Waals surface area contributed by atoms with Crippen LogP contribution in [-0.4, -0.2) is 29.6 Å². The van der Waals surface area contributed by atoms with Crippen LogP contribution in [-0.2, 0) is 6.54 Å².